The molecule has 1 aliphatic rings. The van der Waals surface area contributed by atoms with Crippen LogP contribution in [0.2, 0.25) is 5.02 Å². The van der Waals surface area contributed by atoms with Crippen LogP contribution < -0.4 is 10.2 Å². The first-order valence-electron chi connectivity index (χ1n) is 13.2. The van der Waals surface area contributed by atoms with Gasteiger partial charge in [0.1, 0.15) is 11.3 Å². The standard InChI is InChI=1S/C22H19ClN6O2.C9H6O3/c1-27-10-11-28(22(27)31)16-5-3-15(4-6-16)24-21-25-20-9-2-14(13-29(20)26-21)18-12-17(30)7-8-19(18)23;10-9(11)8-5-6-3-1-2-4-7(6)12-8/h2-9,12-13,30H,10-11H2,1H3,(H,24,26);1-5H,(H,10,11). The summed E-state index contributed by atoms with van der Waals surface area (Å²) in [6, 6.07) is 24.8. The van der Waals surface area contributed by atoms with Gasteiger partial charge in [0.2, 0.25) is 11.7 Å². The molecule has 6 aromatic rings. The maximum atomic E-state index is 12.1. The van der Waals surface area contributed by atoms with E-state index in [1.54, 1.807) is 51.7 Å². The van der Waals surface area contributed by atoms with Crippen LogP contribution >= 0.6 is 11.6 Å². The fraction of sp³-hybridized carbons (Fsp3) is 0.0968. The number of carbonyl (C=O) groups excluding carboxylic acids is 1. The number of urea groups is 1. The molecule has 0 aliphatic carbocycles. The van der Waals surface area contributed by atoms with Crippen molar-refractivity contribution >= 4 is 57.5 Å². The molecule has 1 saturated heterocycles. The quantitative estimate of drug-likeness (QED) is 0.205. The van der Waals surface area contributed by atoms with Crippen molar-refractivity contribution in [1.29, 1.82) is 0 Å². The molecule has 3 N–H and O–H groups in total. The number of nitrogens with one attached hydrogen (secondary N) is 1. The van der Waals surface area contributed by atoms with Gasteiger partial charge in [-0.3, -0.25) is 4.90 Å². The number of hydrogen-bond acceptors (Lipinski definition) is 7. The second-order valence-electron chi connectivity index (χ2n) is 9.80. The predicted molar refractivity (Wildman–Crippen MR) is 163 cm³/mol. The minimum absolute atomic E-state index is 0.00497. The molecule has 12 heteroatoms. The molecule has 0 bridgehead atoms. The van der Waals surface area contributed by atoms with Crippen LogP contribution in [0.5, 0.6) is 5.75 Å². The summed E-state index contributed by atoms with van der Waals surface area (Å²) >= 11 is 6.28. The number of amides is 2. The van der Waals surface area contributed by atoms with E-state index in [9.17, 15) is 14.7 Å². The highest BCUT2D eigenvalue weighted by molar-refractivity contribution is 6.33. The van der Waals surface area contributed by atoms with Crippen LogP contribution in [0, 0.1) is 0 Å². The molecule has 3 aromatic carbocycles. The van der Waals surface area contributed by atoms with Crippen molar-refractivity contribution in [2.75, 3.05) is 30.4 Å². The molecular weight excluding hydrogens is 572 g/mol. The number of hydrogen-bond donors (Lipinski definition) is 3. The molecule has 4 heterocycles. The molecule has 0 unspecified atom stereocenters. The van der Waals surface area contributed by atoms with Crippen molar-refractivity contribution in [2.24, 2.45) is 0 Å². The monoisotopic (exact) mass is 596 g/mol. The summed E-state index contributed by atoms with van der Waals surface area (Å²) < 4.78 is 6.69. The van der Waals surface area contributed by atoms with E-state index in [0.29, 0.717) is 34.3 Å². The Labute approximate surface area is 250 Å². The number of anilines is 3. The fourth-order valence-electron chi connectivity index (χ4n) is 4.66. The van der Waals surface area contributed by atoms with Crippen LogP contribution in [-0.2, 0) is 0 Å². The third-order valence-electron chi connectivity index (χ3n) is 6.88. The number of halogens is 1. The van der Waals surface area contributed by atoms with Gasteiger partial charge in [0.25, 0.3) is 0 Å². The molecular formula is C31H25ClN6O5. The van der Waals surface area contributed by atoms with Gasteiger partial charge in [-0.15, -0.1) is 5.10 Å². The number of benzene rings is 3. The number of aromatic nitrogens is 3. The topological polar surface area (TPSA) is 136 Å². The average Bonchev–Trinajstić information content (AvgIpc) is 3.71. The summed E-state index contributed by atoms with van der Waals surface area (Å²) in [5.74, 6) is -0.461. The molecule has 11 nitrogen and oxygen atoms in total. The number of aromatic hydroxyl groups is 1. The lowest BCUT2D eigenvalue weighted by atomic mass is 10.1. The van der Waals surface area contributed by atoms with E-state index in [4.69, 9.17) is 21.1 Å². The molecule has 2 amide bonds. The van der Waals surface area contributed by atoms with Crippen molar-refractivity contribution in [1.82, 2.24) is 19.5 Å². The summed E-state index contributed by atoms with van der Waals surface area (Å²) in [6.07, 6.45) is 1.81. The average molecular weight is 597 g/mol. The van der Waals surface area contributed by atoms with E-state index < -0.39 is 5.97 Å². The van der Waals surface area contributed by atoms with E-state index in [1.807, 2.05) is 54.7 Å². The zero-order valence-corrected chi connectivity index (χ0v) is 23.6. The summed E-state index contributed by atoms with van der Waals surface area (Å²) in [5, 5.41) is 27.4. The van der Waals surface area contributed by atoms with Gasteiger partial charge in [-0.1, -0.05) is 29.8 Å². The third kappa shape index (κ3) is 5.79. The number of fused-ring (bicyclic) bond motifs is 2. The van der Waals surface area contributed by atoms with Gasteiger partial charge >= 0.3 is 12.0 Å². The van der Waals surface area contributed by atoms with Gasteiger partial charge in [-0.2, -0.15) is 4.98 Å². The van der Waals surface area contributed by atoms with Crippen molar-refractivity contribution < 1.29 is 24.2 Å². The molecule has 3 aromatic heterocycles. The van der Waals surface area contributed by atoms with Crippen LogP contribution in [0.1, 0.15) is 10.6 Å². The van der Waals surface area contributed by atoms with Crippen LogP contribution in [0.25, 0.3) is 27.7 Å². The summed E-state index contributed by atoms with van der Waals surface area (Å²) in [5.41, 5.74) is 4.48. The fourth-order valence-corrected chi connectivity index (χ4v) is 4.88. The normalized spacial score (nSPS) is 12.9. The molecule has 216 valence electrons. The first-order valence-corrected chi connectivity index (χ1v) is 13.6. The smallest absolute Gasteiger partial charge is 0.371 e. The van der Waals surface area contributed by atoms with Crippen LogP contribution in [0.15, 0.2) is 95.5 Å². The number of nitrogens with zero attached hydrogens (tertiary/aromatic N) is 5. The third-order valence-corrected chi connectivity index (χ3v) is 7.21. The number of phenolic OH excluding ortho intramolecular Hbond substituents is 1. The van der Waals surface area contributed by atoms with Crippen LogP contribution in [0.4, 0.5) is 22.1 Å². The lowest BCUT2D eigenvalue weighted by Gasteiger charge is -2.16. The second kappa shape index (κ2) is 11.4. The molecule has 0 radical (unpaired) electrons. The Morgan fingerprint density at radius 3 is 2.51 bits per heavy atom. The predicted octanol–water partition coefficient (Wildman–Crippen LogP) is 6.50. The van der Waals surface area contributed by atoms with Gasteiger partial charge in [-0.05, 0) is 66.7 Å². The largest absolute Gasteiger partial charge is 0.508 e. The number of furan rings is 1. The van der Waals surface area contributed by atoms with E-state index in [-0.39, 0.29) is 17.5 Å². The Balaban J connectivity index is 0.000000229. The minimum Gasteiger partial charge on any atom is -0.508 e. The van der Waals surface area contributed by atoms with E-state index >= 15 is 0 Å². The maximum absolute atomic E-state index is 12.1. The molecule has 1 aliphatic heterocycles. The number of carbonyl (C=O) groups is 2. The number of rotatable bonds is 5. The zero-order chi connectivity index (χ0) is 30.1. The number of phenols is 1. The lowest BCUT2D eigenvalue weighted by molar-refractivity contribution is 0.0665. The highest BCUT2D eigenvalue weighted by Gasteiger charge is 2.26. The van der Waals surface area contributed by atoms with E-state index in [2.05, 4.69) is 15.4 Å². The number of likely N-dealkylation sites (N-methyl/N-ethyl adjacent to an activating group) is 1. The number of aromatic carboxylic acids is 1. The van der Waals surface area contributed by atoms with Crippen molar-refractivity contribution in [3.8, 4) is 16.9 Å². The Morgan fingerprint density at radius 2 is 1.79 bits per heavy atom. The van der Waals surface area contributed by atoms with Gasteiger partial charge in [-0.25, -0.2) is 14.1 Å². The zero-order valence-electron chi connectivity index (χ0n) is 22.8. The number of pyridine rings is 1. The second-order valence-corrected chi connectivity index (χ2v) is 10.2. The number of carboxylic acids is 1. The van der Waals surface area contributed by atoms with Gasteiger partial charge in [0.15, 0.2) is 5.65 Å². The minimum atomic E-state index is -1.04. The molecule has 0 atom stereocenters. The van der Waals surface area contributed by atoms with Crippen LogP contribution in [0.3, 0.4) is 0 Å². The molecule has 7 rings (SSSR count). The number of para-hydroxylation sites is 1. The Bertz CT molecular complexity index is 1940. The SMILES string of the molecule is CN1CCN(c2ccc(Nc3nc4ccc(-c5cc(O)ccc5Cl)cn4n3)cc2)C1=O.O=C(O)c1cc2ccccc2o1. The first kappa shape index (κ1) is 27.6. The van der Waals surface area contributed by atoms with Gasteiger partial charge in [0.05, 0.1) is 0 Å². The van der Waals surface area contributed by atoms with Crippen molar-refractivity contribution in [2.45, 2.75) is 0 Å². The summed E-state index contributed by atoms with van der Waals surface area (Å²) in [4.78, 5) is 30.6. The summed E-state index contributed by atoms with van der Waals surface area (Å²) in [7, 11) is 1.80. The van der Waals surface area contributed by atoms with Crippen molar-refractivity contribution in [3.63, 3.8) is 0 Å². The van der Waals surface area contributed by atoms with E-state index in [0.717, 1.165) is 28.9 Å². The molecule has 0 spiro atoms. The van der Waals surface area contributed by atoms with Gasteiger partial charge < -0.3 is 24.8 Å². The molecule has 43 heavy (non-hydrogen) atoms. The first-order chi connectivity index (χ1) is 20.7. The van der Waals surface area contributed by atoms with Crippen molar-refractivity contribution in [3.05, 3.63) is 102 Å². The number of carboxylic acid groups (broad SMARTS) is 1. The Morgan fingerprint density at radius 1 is 1.00 bits per heavy atom. The Kier molecular flexibility index (Phi) is 7.31. The van der Waals surface area contributed by atoms with E-state index in [1.165, 1.54) is 6.07 Å². The molecule has 0 saturated carbocycles. The lowest BCUT2D eigenvalue weighted by Crippen LogP contribution is -2.29. The summed E-state index contributed by atoms with van der Waals surface area (Å²) in [6.45, 7) is 1.40. The highest BCUT2D eigenvalue weighted by Crippen LogP contribution is 2.31. The van der Waals surface area contributed by atoms with Crippen LogP contribution in [-0.4, -0.2) is 61.8 Å². The van der Waals surface area contributed by atoms with Gasteiger partial charge in [0, 0.05) is 59.2 Å². The highest BCUT2D eigenvalue weighted by atomic mass is 35.5. The molecule has 1 fully saturated rings. The maximum Gasteiger partial charge on any atom is 0.371 e. The Hall–Kier alpha value is -5.55.